The lowest BCUT2D eigenvalue weighted by Crippen LogP contribution is -2.36. The van der Waals surface area contributed by atoms with Crippen molar-refractivity contribution in [2.75, 3.05) is 21.4 Å². The Kier molecular flexibility index (Phi) is 13.8. The van der Waals surface area contributed by atoms with Crippen molar-refractivity contribution in [2.45, 2.75) is 84.0 Å². The molecule has 6 nitrogen and oxygen atoms in total. The van der Waals surface area contributed by atoms with Gasteiger partial charge in [0, 0.05) is 57.2 Å². The molecule has 0 atom stereocenters. The van der Waals surface area contributed by atoms with Crippen molar-refractivity contribution < 1.29 is 4.74 Å². The minimum Gasteiger partial charge on any atom is -0.457 e. The van der Waals surface area contributed by atoms with Crippen molar-refractivity contribution in [1.82, 2.24) is 9.55 Å². The van der Waals surface area contributed by atoms with Crippen molar-refractivity contribution in [1.29, 1.82) is 0 Å². The van der Waals surface area contributed by atoms with Gasteiger partial charge < -0.3 is 19.4 Å². The Hall–Kier alpha value is -11.2. The van der Waals surface area contributed by atoms with E-state index in [1.807, 2.05) is 6.20 Å². The van der Waals surface area contributed by atoms with Crippen molar-refractivity contribution in [2.24, 2.45) is 0 Å². The van der Waals surface area contributed by atoms with Gasteiger partial charge in [-0.2, -0.15) is 0 Å². The summed E-state index contributed by atoms with van der Waals surface area (Å²) in [5.74, 6) is 2.34. The fourth-order valence-corrected chi connectivity index (χ4v) is 15.7. The van der Waals surface area contributed by atoms with Crippen LogP contribution in [-0.4, -0.2) is 16.2 Å². The molecule has 1 aliphatic carbocycles. The minimum absolute atomic E-state index is 0.0423. The number of hydrogen-bond donors (Lipinski definition) is 0. The molecule has 0 N–H and O–H groups in total. The van der Waals surface area contributed by atoms with Crippen LogP contribution in [0.2, 0.25) is 0 Å². The van der Waals surface area contributed by atoms with E-state index in [1.54, 1.807) is 0 Å². The fourth-order valence-electron chi connectivity index (χ4n) is 15.7. The predicted octanol–water partition coefficient (Wildman–Crippen LogP) is 24.3. The fraction of sp³-hybridized carbons (Fsp3) is 0.154. The molecule has 2 aromatic heterocycles. The molecule has 0 unspecified atom stereocenters. The summed E-state index contributed by atoms with van der Waals surface area (Å²) >= 11 is 0. The van der Waals surface area contributed by atoms with Crippen molar-refractivity contribution in [3.05, 3.63) is 330 Å². The normalized spacial score (nSPS) is 13.8. The molecule has 14 aromatic rings. The Morgan fingerprint density at radius 1 is 0.340 bits per heavy atom. The highest BCUT2D eigenvalue weighted by atomic mass is 16.5. The number of aromatic nitrogens is 2. The number of para-hydroxylation sites is 7. The van der Waals surface area contributed by atoms with Gasteiger partial charge in [0.2, 0.25) is 0 Å². The monoisotopic (exact) mass is 1260 g/mol. The third-order valence-corrected chi connectivity index (χ3v) is 20.5. The third-order valence-electron chi connectivity index (χ3n) is 20.5. The van der Waals surface area contributed by atoms with Gasteiger partial charge in [-0.05, 0) is 168 Å². The van der Waals surface area contributed by atoms with Gasteiger partial charge in [-0.1, -0.05) is 250 Å². The first kappa shape index (κ1) is 59.5. The summed E-state index contributed by atoms with van der Waals surface area (Å²) in [6.45, 7) is 21.3. The molecule has 0 fully saturated rings. The van der Waals surface area contributed by atoms with Crippen molar-refractivity contribution in [3.8, 4) is 61.8 Å². The number of nitrogens with zero attached hydrogens (tertiary/aromatic N) is 5. The van der Waals surface area contributed by atoms with Gasteiger partial charge in [-0.15, -0.1) is 0 Å². The molecule has 3 aliphatic rings. The lowest BCUT2D eigenvalue weighted by atomic mass is 9.64. The van der Waals surface area contributed by atoms with Crippen LogP contribution in [0.15, 0.2) is 291 Å². The van der Waals surface area contributed by atoms with Crippen LogP contribution in [0, 0.1) is 0 Å². The van der Waals surface area contributed by atoms with Crippen LogP contribution in [0.4, 0.5) is 39.8 Å². The second-order valence-corrected chi connectivity index (χ2v) is 29.6. The van der Waals surface area contributed by atoms with E-state index in [4.69, 9.17) is 9.72 Å². The number of benzene rings is 12. The van der Waals surface area contributed by atoms with Gasteiger partial charge in [0.05, 0.1) is 44.9 Å². The van der Waals surface area contributed by atoms with E-state index in [1.165, 1.54) is 72.6 Å². The maximum atomic E-state index is 7.01. The Labute approximate surface area is 570 Å². The summed E-state index contributed by atoms with van der Waals surface area (Å²) in [7, 11) is 0. The topological polar surface area (TPSA) is 36.8 Å². The van der Waals surface area contributed by atoms with Gasteiger partial charge in [0.15, 0.2) is 0 Å². The quantitative estimate of drug-likeness (QED) is 0.144. The summed E-state index contributed by atoms with van der Waals surface area (Å²) in [5.41, 5.74) is 27.9. The highest BCUT2D eigenvalue weighted by Crippen LogP contribution is 2.64. The van der Waals surface area contributed by atoms with E-state index in [0.29, 0.717) is 6.67 Å². The molecular weight excluding hydrogens is 1180 g/mol. The molecule has 4 heterocycles. The average molecular weight is 1260 g/mol. The molecule has 0 amide bonds. The second kappa shape index (κ2) is 22.5. The Morgan fingerprint density at radius 2 is 0.887 bits per heavy atom. The van der Waals surface area contributed by atoms with Gasteiger partial charge in [0.1, 0.15) is 24.0 Å². The predicted molar refractivity (Wildman–Crippen MR) is 405 cm³/mol. The number of rotatable bonds is 9. The molecular formula is C91H77N5O. The summed E-state index contributed by atoms with van der Waals surface area (Å²) in [5, 5.41) is 2.30. The lowest BCUT2D eigenvalue weighted by Gasteiger charge is -2.45. The molecule has 1 spiro atoms. The second-order valence-electron chi connectivity index (χ2n) is 29.6. The zero-order valence-corrected chi connectivity index (χ0v) is 56.6. The van der Waals surface area contributed by atoms with E-state index in [0.717, 1.165) is 89.8 Å². The number of hydrogen-bond acceptors (Lipinski definition) is 5. The molecule has 6 heteroatoms. The Bertz CT molecular complexity index is 5360. The van der Waals surface area contributed by atoms with Gasteiger partial charge >= 0.3 is 0 Å². The summed E-state index contributed by atoms with van der Waals surface area (Å²) in [4.78, 5) is 12.6. The van der Waals surface area contributed by atoms with Crippen LogP contribution in [0.1, 0.15) is 101 Å². The number of ether oxygens (including phenoxy) is 1. The van der Waals surface area contributed by atoms with Crippen molar-refractivity contribution in [3.63, 3.8) is 0 Å². The van der Waals surface area contributed by atoms with Gasteiger partial charge in [-0.25, -0.2) is 4.98 Å². The molecule has 12 aromatic carbocycles. The number of anilines is 7. The highest BCUT2D eigenvalue weighted by Gasteiger charge is 2.52. The van der Waals surface area contributed by atoms with Crippen LogP contribution in [0.3, 0.4) is 0 Å². The molecule has 0 saturated heterocycles. The van der Waals surface area contributed by atoms with E-state index in [9.17, 15) is 0 Å². The first-order valence-corrected chi connectivity index (χ1v) is 34.1. The molecule has 0 saturated carbocycles. The Morgan fingerprint density at radius 3 is 1.59 bits per heavy atom. The lowest BCUT2D eigenvalue weighted by molar-refractivity contribution is 0.483. The molecule has 472 valence electrons. The first-order chi connectivity index (χ1) is 47.0. The van der Waals surface area contributed by atoms with E-state index >= 15 is 0 Å². The smallest absolute Gasteiger partial charge is 0.137 e. The zero-order valence-electron chi connectivity index (χ0n) is 56.6. The summed E-state index contributed by atoms with van der Waals surface area (Å²) in [6.07, 6.45) is 2.00. The van der Waals surface area contributed by atoms with Crippen LogP contribution >= 0.6 is 0 Å². The number of fused-ring (bicyclic) bond motifs is 13. The molecule has 0 bridgehead atoms. The van der Waals surface area contributed by atoms with Gasteiger partial charge in [-0.3, -0.25) is 4.57 Å². The third kappa shape index (κ3) is 9.78. The van der Waals surface area contributed by atoms with E-state index in [-0.39, 0.29) is 16.2 Å². The summed E-state index contributed by atoms with van der Waals surface area (Å²) in [6, 6.07) is 106. The van der Waals surface area contributed by atoms with Crippen LogP contribution in [0.5, 0.6) is 11.5 Å². The van der Waals surface area contributed by atoms with Crippen LogP contribution in [0.25, 0.3) is 72.1 Å². The Balaban J connectivity index is 0.781. The van der Waals surface area contributed by atoms with Gasteiger partial charge in [0.25, 0.3) is 0 Å². The number of pyridine rings is 1. The molecule has 0 radical (unpaired) electrons. The molecule has 97 heavy (non-hydrogen) atoms. The van der Waals surface area contributed by atoms with Crippen molar-refractivity contribution >= 4 is 61.6 Å². The average Bonchev–Trinajstić information content (AvgIpc) is 1.56. The molecule has 17 rings (SSSR count). The minimum atomic E-state index is -0.575. The maximum Gasteiger partial charge on any atom is 0.137 e. The first-order valence-electron chi connectivity index (χ1n) is 34.1. The maximum absolute atomic E-state index is 7.01. The standard InChI is InChI=1S/C91H77N5O/c1-88(2,3)63-27-23-26-59(50-63)61-45-49-86(92-57-61)96-80-39-18-14-33-73(80)74-47-46-69(56-85(74)96)97-68-31-24-30-67(55-68)93-58-94(84-43-22-21-42-83(84)93)87-70(34-25-35-71(87)62-51-64(89(4,5)6)54-65(52-62)90(7,8)9)60-44-48-77-75(53-60)72-32-13-15-36-76(72)91(77)78-37-16-19-40-81(78)95(66-28-11-10-12-29-66)82-41-20-17-38-79(82)91/h10-57H,58H2,1-9H3. The van der Waals surface area contributed by atoms with E-state index in [2.05, 4.69) is 367 Å². The van der Waals surface area contributed by atoms with E-state index < -0.39 is 5.41 Å². The van der Waals surface area contributed by atoms with Crippen LogP contribution < -0.4 is 19.4 Å². The highest BCUT2D eigenvalue weighted by molar-refractivity contribution is 6.10. The van der Waals surface area contributed by atoms with Crippen LogP contribution in [-0.2, 0) is 21.7 Å². The SMILES string of the molecule is CC(C)(C)c1cccc(-c2ccc(-n3c4ccccc4c4ccc(Oc5cccc(N6CN(c7c(-c8cc(C(C)(C)C)cc(C(C)(C)C)c8)cccc7-c7ccc8c(c7)-c7ccccc7C87c8ccccc8N(c8ccccc8)c8ccccc87)c7ccccc76)c5)cc43)nc2)c1. The summed E-state index contributed by atoms with van der Waals surface area (Å²) < 4.78 is 9.28. The zero-order chi connectivity index (χ0) is 66.1. The largest absolute Gasteiger partial charge is 0.457 e. The molecule has 2 aliphatic heterocycles.